The second-order valence-corrected chi connectivity index (χ2v) is 6.79. The van der Waals surface area contributed by atoms with E-state index in [0.717, 1.165) is 29.2 Å². The number of piperazine rings is 1. The van der Waals surface area contributed by atoms with Gasteiger partial charge in [0, 0.05) is 62.9 Å². The maximum atomic E-state index is 11.2. The second-order valence-electron chi connectivity index (χ2n) is 6.79. The first kappa shape index (κ1) is 18.4. The molecule has 4 heterocycles. The van der Waals surface area contributed by atoms with Gasteiger partial charge in [-0.1, -0.05) is 0 Å². The van der Waals surface area contributed by atoms with Crippen LogP contribution in [-0.4, -0.2) is 76.9 Å². The quantitative estimate of drug-likeness (QED) is 0.694. The first-order valence-electron chi connectivity index (χ1n) is 9.25. The lowest BCUT2D eigenvalue weighted by Crippen LogP contribution is -2.48. The predicted octanol–water partition coefficient (Wildman–Crippen LogP) is 0.582. The number of ether oxygens (including phenoxy) is 1. The van der Waals surface area contributed by atoms with Crippen LogP contribution in [-0.2, 0) is 4.74 Å². The van der Waals surface area contributed by atoms with Gasteiger partial charge >= 0.3 is 6.09 Å². The number of carboxylic acid groups (broad SMARTS) is 1. The summed E-state index contributed by atoms with van der Waals surface area (Å²) in [6.07, 6.45) is 2.29. The van der Waals surface area contributed by atoms with E-state index in [2.05, 4.69) is 20.2 Å². The van der Waals surface area contributed by atoms with Gasteiger partial charge in [-0.15, -0.1) is 0 Å². The molecule has 4 rings (SSSR count). The van der Waals surface area contributed by atoms with Gasteiger partial charge in [0.1, 0.15) is 6.10 Å². The molecule has 2 aromatic rings. The Kier molecular flexibility index (Phi) is 5.22. The number of aromatic nitrogens is 3. The van der Waals surface area contributed by atoms with E-state index in [0.29, 0.717) is 39.3 Å². The number of hydrogen-bond donors (Lipinski definition) is 3. The fourth-order valence-corrected chi connectivity index (χ4v) is 3.41. The van der Waals surface area contributed by atoms with Crippen molar-refractivity contribution in [1.82, 2.24) is 25.2 Å². The van der Waals surface area contributed by atoms with Crippen LogP contribution in [0.4, 0.5) is 16.4 Å². The lowest BCUT2D eigenvalue weighted by molar-refractivity contribution is 0.0251. The number of hydrogen-bond acceptors (Lipinski definition) is 8. The Morgan fingerprint density at radius 3 is 2.61 bits per heavy atom. The summed E-state index contributed by atoms with van der Waals surface area (Å²) in [5, 5.41) is 12.5. The summed E-state index contributed by atoms with van der Waals surface area (Å²) in [5.41, 5.74) is 8.92. The van der Waals surface area contributed by atoms with Crippen LogP contribution < -0.4 is 16.0 Å². The highest BCUT2D eigenvalue weighted by molar-refractivity contribution is 5.67. The number of morpholine rings is 1. The largest absolute Gasteiger partial charge is 0.465 e. The van der Waals surface area contributed by atoms with Gasteiger partial charge in [0.15, 0.2) is 0 Å². The smallest absolute Gasteiger partial charge is 0.407 e. The van der Waals surface area contributed by atoms with E-state index < -0.39 is 6.09 Å². The highest BCUT2D eigenvalue weighted by atomic mass is 16.5. The molecule has 1 unspecified atom stereocenters. The lowest BCUT2D eigenvalue weighted by Gasteiger charge is -2.35. The molecule has 0 aliphatic carbocycles. The first-order chi connectivity index (χ1) is 13.6. The number of carbonyl (C=O) groups is 1. The van der Waals surface area contributed by atoms with E-state index >= 15 is 0 Å². The third-order valence-corrected chi connectivity index (χ3v) is 4.97. The van der Waals surface area contributed by atoms with E-state index in [-0.39, 0.29) is 12.1 Å². The summed E-state index contributed by atoms with van der Waals surface area (Å²) in [6, 6.07) is 4.00. The Morgan fingerprint density at radius 2 is 1.96 bits per heavy atom. The van der Waals surface area contributed by atoms with Crippen LogP contribution in [0, 0.1) is 0 Å². The summed E-state index contributed by atoms with van der Waals surface area (Å²) in [6.45, 7) is 4.33. The van der Waals surface area contributed by atoms with Crippen molar-refractivity contribution in [2.45, 2.75) is 6.10 Å². The molecule has 2 saturated heterocycles. The summed E-state index contributed by atoms with van der Waals surface area (Å²) in [7, 11) is 0. The molecule has 0 radical (unpaired) electrons. The topological polar surface area (TPSA) is 130 Å². The van der Waals surface area contributed by atoms with Gasteiger partial charge in [-0.2, -0.15) is 0 Å². The van der Waals surface area contributed by atoms with Crippen molar-refractivity contribution in [3.63, 3.8) is 0 Å². The molecule has 10 heteroatoms. The number of rotatable bonds is 3. The minimum absolute atomic E-state index is 0.137. The van der Waals surface area contributed by atoms with Crippen molar-refractivity contribution in [3.8, 4) is 11.3 Å². The van der Waals surface area contributed by atoms with Crippen molar-refractivity contribution in [2.75, 3.05) is 56.5 Å². The standard InChI is InChI=1S/C18H23N7O3/c19-17-21-9-12(10-22-17)14-7-13(24-2-4-25(5-3-24)18(26)27)8-15(23-14)16-11-20-1-6-28-16/h7-10,16,20H,1-6,11H2,(H,26,27)(H2,19,21,22). The number of anilines is 2. The molecule has 2 aliphatic rings. The molecule has 4 N–H and O–H groups in total. The maximum absolute atomic E-state index is 11.2. The fourth-order valence-electron chi connectivity index (χ4n) is 3.41. The summed E-state index contributed by atoms with van der Waals surface area (Å²) < 4.78 is 5.88. The summed E-state index contributed by atoms with van der Waals surface area (Å²) >= 11 is 0. The van der Waals surface area contributed by atoms with Crippen molar-refractivity contribution < 1.29 is 14.6 Å². The molecule has 2 aliphatic heterocycles. The highest BCUT2D eigenvalue weighted by Gasteiger charge is 2.24. The maximum Gasteiger partial charge on any atom is 0.407 e. The molecule has 1 amide bonds. The van der Waals surface area contributed by atoms with Crippen LogP contribution >= 0.6 is 0 Å². The molecule has 0 aromatic carbocycles. The zero-order chi connectivity index (χ0) is 19.5. The van der Waals surface area contributed by atoms with Crippen molar-refractivity contribution in [1.29, 1.82) is 0 Å². The number of amides is 1. The van der Waals surface area contributed by atoms with Crippen LogP contribution in [0.1, 0.15) is 11.8 Å². The Hall–Kier alpha value is -2.98. The summed E-state index contributed by atoms with van der Waals surface area (Å²) in [4.78, 5) is 27.7. The van der Waals surface area contributed by atoms with Gasteiger partial charge in [0.05, 0.1) is 18.0 Å². The van der Waals surface area contributed by atoms with Crippen LogP contribution in [0.2, 0.25) is 0 Å². The van der Waals surface area contributed by atoms with Crippen LogP contribution in [0.3, 0.4) is 0 Å². The molecule has 2 aromatic heterocycles. The minimum atomic E-state index is -0.878. The molecule has 1 atom stereocenters. The van der Waals surface area contributed by atoms with Crippen LogP contribution in [0.5, 0.6) is 0 Å². The Morgan fingerprint density at radius 1 is 1.21 bits per heavy atom. The van der Waals surface area contributed by atoms with E-state index in [9.17, 15) is 9.90 Å². The molecule has 0 spiro atoms. The molecule has 28 heavy (non-hydrogen) atoms. The average Bonchev–Trinajstić information content (AvgIpc) is 2.74. The first-order valence-corrected chi connectivity index (χ1v) is 9.25. The number of nitrogens with one attached hydrogen (secondary N) is 1. The molecule has 0 saturated carbocycles. The Balaban J connectivity index is 1.65. The molecule has 10 nitrogen and oxygen atoms in total. The lowest BCUT2D eigenvalue weighted by atomic mass is 10.1. The van der Waals surface area contributed by atoms with E-state index in [1.165, 1.54) is 4.90 Å². The van der Waals surface area contributed by atoms with E-state index in [1.54, 1.807) is 12.4 Å². The van der Waals surface area contributed by atoms with Crippen molar-refractivity contribution in [3.05, 3.63) is 30.2 Å². The monoisotopic (exact) mass is 385 g/mol. The predicted molar refractivity (Wildman–Crippen MR) is 103 cm³/mol. The Bertz CT molecular complexity index is 832. The van der Waals surface area contributed by atoms with Gasteiger partial charge in [-0.05, 0) is 12.1 Å². The fraction of sp³-hybridized carbons (Fsp3) is 0.444. The third kappa shape index (κ3) is 3.97. The zero-order valence-electron chi connectivity index (χ0n) is 15.4. The SMILES string of the molecule is Nc1ncc(-c2cc(N3CCN(C(=O)O)CC3)cc(C3CNCCO3)n2)cn1. The van der Waals surface area contributed by atoms with Crippen LogP contribution in [0.25, 0.3) is 11.3 Å². The van der Waals surface area contributed by atoms with Crippen molar-refractivity contribution in [2.24, 2.45) is 0 Å². The van der Waals surface area contributed by atoms with Gasteiger partial charge in [-0.25, -0.2) is 19.7 Å². The van der Waals surface area contributed by atoms with E-state index in [4.69, 9.17) is 15.5 Å². The minimum Gasteiger partial charge on any atom is -0.465 e. The Labute approximate surface area is 162 Å². The molecular weight excluding hydrogens is 362 g/mol. The number of pyridine rings is 1. The van der Waals surface area contributed by atoms with Gasteiger partial charge in [0.2, 0.25) is 5.95 Å². The van der Waals surface area contributed by atoms with Gasteiger partial charge < -0.3 is 30.7 Å². The number of nitrogen functional groups attached to an aromatic ring is 1. The second kappa shape index (κ2) is 7.95. The number of nitrogens with zero attached hydrogens (tertiary/aromatic N) is 5. The highest BCUT2D eigenvalue weighted by Crippen LogP contribution is 2.28. The summed E-state index contributed by atoms with van der Waals surface area (Å²) in [5.74, 6) is 0.213. The van der Waals surface area contributed by atoms with Crippen LogP contribution in [0.15, 0.2) is 24.5 Å². The normalized spacial score (nSPS) is 20.2. The molecular formula is C18H23N7O3. The zero-order valence-corrected chi connectivity index (χ0v) is 15.4. The molecule has 148 valence electrons. The third-order valence-electron chi connectivity index (χ3n) is 4.97. The van der Waals surface area contributed by atoms with Crippen molar-refractivity contribution >= 4 is 17.7 Å². The molecule has 0 bridgehead atoms. The average molecular weight is 385 g/mol. The number of nitrogens with two attached hydrogens (primary N) is 1. The van der Waals surface area contributed by atoms with Gasteiger partial charge in [-0.3, -0.25) is 0 Å². The van der Waals surface area contributed by atoms with E-state index in [1.807, 2.05) is 12.1 Å². The molecule has 2 fully saturated rings. The van der Waals surface area contributed by atoms with Gasteiger partial charge in [0.25, 0.3) is 0 Å².